The number of halogens is 1. The molecular weight excluding hydrogens is 256 g/mol. The minimum Gasteiger partial charge on any atom is -0.383 e. The first-order chi connectivity index (χ1) is 8.58. The van der Waals surface area contributed by atoms with E-state index < -0.39 is 4.92 Å². The normalized spacial score (nSPS) is 12.4. The number of methoxy groups -OCH3 is 1. The van der Waals surface area contributed by atoms with Gasteiger partial charge in [0, 0.05) is 25.8 Å². The van der Waals surface area contributed by atoms with E-state index in [4.69, 9.17) is 16.3 Å². The van der Waals surface area contributed by atoms with Gasteiger partial charge in [0.2, 0.25) is 0 Å². The van der Waals surface area contributed by atoms with E-state index >= 15 is 0 Å². The highest BCUT2D eigenvalue weighted by atomic mass is 35.5. The van der Waals surface area contributed by atoms with Crippen molar-refractivity contribution in [2.75, 3.05) is 13.7 Å². The Kier molecular flexibility index (Phi) is 6.04. The Morgan fingerprint density at radius 3 is 2.83 bits per heavy atom. The lowest BCUT2D eigenvalue weighted by atomic mass is 10.1. The lowest BCUT2D eigenvalue weighted by Crippen LogP contribution is -2.32. The quantitative estimate of drug-likeness (QED) is 0.612. The molecule has 18 heavy (non-hydrogen) atoms. The molecule has 1 rings (SSSR count). The summed E-state index contributed by atoms with van der Waals surface area (Å²) in [5, 5.41) is 14.2. The van der Waals surface area contributed by atoms with E-state index in [1.54, 1.807) is 19.2 Å². The van der Waals surface area contributed by atoms with Crippen LogP contribution in [-0.4, -0.2) is 24.7 Å². The second-order valence-electron chi connectivity index (χ2n) is 3.98. The summed E-state index contributed by atoms with van der Waals surface area (Å²) < 4.78 is 5.07. The molecule has 5 nitrogen and oxygen atoms in total. The van der Waals surface area contributed by atoms with E-state index in [0.717, 1.165) is 12.0 Å². The predicted molar refractivity (Wildman–Crippen MR) is 70.9 cm³/mol. The van der Waals surface area contributed by atoms with Crippen LogP contribution in [0.2, 0.25) is 5.02 Å². The van der Waals surface area contributed by atoms with Crippen molar-refractivity contribution in [3.8, 4) is 0 Å². The number of rotatable bonds is 7. The lowest BCUT2D eigenvalue weighted by Gasteiger charge is -2.15. The van der Waals surface area contributed by atoms with E-state index in [9.17, 15) is 10.1 Å². The molecule has 0 spiro atoms. The largest absolute Gasteiger partial charge is 0.383 e. The van der Waals surface area contributed by atoms with E-state index in [1.807, 2.05) is 0 Å². The molecule has 1 aromatic carbocycles. The lowest BCUT2D eigenvalue weighted by molar-refractivity contribution is -0.384. The van der Waals surface area contributed by atoms with Crippen LogP contribution in [0.1, 0.15) is 18.9 Å². The summed E-state index contributed by atoms with van der Waals surface area (Å²) >= 11 is 5.75. The molecule has 1 aromatic rings. The Balaban J connectivity index is 2.67. The van der Waals surface area contributed by atoms with Crippen LogP contribution in [0.25, 0.3) is 0 Å². The predicted octanol–water partition coefficient (Wildman–Crippen LogP) is 2.76. The van der Waals surface area contributed by atoms with Crippen LogP contribution >= 0.6 is 11.6 Å². The summed E-state index contributed by atoms with van der Waals surface area (Å²) in [4.78, 5) is 10.3. The Bertz CT molecular complexity index is 412. The number of benzene rings is 1. The van der Waals surface area contributed by atoms with Crippen LogP contribution < -0.4 is 5.32 Å². The third-order valence-corrected chi connectivity index (χ3v) is 2.98. The highest BCUT2D eigenvalue weighted by Crippen LogP contribution is 2.24. The van der Waals surface area contributed by atoms with Crippen molar-refractivity contribution in [3.63, 3.8) is 0 Å². The zero-order valence-corrected chi connectivity index (χ0v) is 11.2. The van der Waals surface area contributed by atoms with Gasteiger partial charge in [0.1, 0.15) is 5.02 Å². The van der Waals surface area contributed by atoms with Gasteiger partial charge in [-0.05, 0) is 18.1 Å². The zero-order valence-electron chi connectivity index (χ0n) is 10.5. The van der Waals surface area contributed by atoms with Gasteiger partial charge < -0.3 is 10.1 Å². The Morgan fingerprint density at radius 1 is 1.56 bits per heavy atom. The standard InChI is InChI=1S/C12H17ClN2O3/c1-3-10(8-18-2)14-7-9-4-5-11(13)12(6-9)15(16)17/h4-6,10,14H,3,7-8H2,1-2H3. The first-order valence-electron chi connectivity index (χ1n) is 5.73. The van der Waals surface area contributed by atoms with Crippen LogP contribution in [-0.2, 0) is 11.3 Å². The summed E-state index contributed by atoms with van der Waals surface area (Å²) in [6, 6.07) is 5.06. The maximum Gasteiger partial charge on any atom is 0.288 e. The van der Waals surface area contributed by atoms with Crippen LogP contribution in [0.15, 0.2) is 18.2 Å². The molecule has 1 N–H and O–H groups in total. The van der Waals surface area contributed by atoms with Crippen molar-refractivity contribution in [2.45, 2.75) is 25.9 Å². The minimum atomic E-state index is -0.474. The number of nitro benzene ring substituents is 1. The Morgan fingerprint density at radius 2 is 2.28 bits per heavy atom. The van der Waals surface area contributed by atoms with Gasteiger partial charge in [0.05, 0.1) is 11.5 Å². The first-order valence-corrected chi connectivity index (χ1v) is 6.11. The third kappa shape index (κ3) is 4.25. The third-order valence-electron chi connectivity index (χ3n) is 2.66. The topological polar surface area (TPSA) is 64.4 Å². The second kappa shape index (κ2) is 7.31. The van der Waals surface area contributed by atoms with Crippen molar-refractivity contribution >= 4 is 17.3 Å². The van der Waals surface area contributed by atoms with Crippen LogP contribution in [0, 0.1) is 10.1 Å². The molecule has 0 aromatic heterocycles. The van der Waals surface area contributed by atoms with Crippen molar-refractivity contribution in [3.05, 3.63) is 38.9 Å². The molecular formula is C12H17ClN2O3. The molecule has 1 unspecified atom stereocenters. The summed E-state index contributed by atoms with van der Waals surface area (Å²) in [7, 11) is 1.65. The molecule has 0 amide bonds. The molecule has 6 heteroatoms. The number of nitro groups is 1. The summed E-state index contributed by atoms with van der Waals surface area (Å²) in [5.74, 6) is 0. The van der Waals surface area contributed by atoms with Gasteiger partial charge >= 0.3 is 0 Å². The molecule has 0 aliphatic heterocycles. The van der Waals surface area contributed by atoms with Gasteiger partial charge in [-0.2, -0.15) is 0 Å². The SMILES string of the molecule is CCC(COC)NCc1ccc(Cl)c([N+](=O)[O-])c1. The molecule has 100 valence electrons. The van der Waals surface area contributed by atoms with Crippen molar-refractivity contribution in [2.24, 2.45) is 0 Å². The van der Waals surface area contributed by atoms with Gasteiger partial charge in [0.25, 0.3) is 5.69 Å². The van der Waals surface area contributed by atoms with Crippen molar-refractivity contribution < 1.29 is 9.66 Å². The molecule has 0 saturated heterocycles. The Hall–Kier alpha value is -1.17. The molecule has 0 radical (unpaired) electrons. The van der Waals surface area contributed by atoms with Gasteiger partial charge in [-0.15, -0.1) is 0 Å². The van der Waals surface area contributed by atoms with E-state index in [1.165, 1.54) is 6.07 Å². The number of nitrogens with zero attached hydrogens (tertiary/aromatic N) is 1. The molecule has 0 bridgehead atoms. The fraction of sp³-hybridized carbons (Fsp3) is 0.500. The summed E-state index contributed by atoms with van der Waals surface area (Å²) in [5.41, 5.74) is 0.774. The smallest absolute Gasteiger partial charge is 0.288 e. The molecule has 0 heterocycles. The number of ether oxygens (including phenoxy) is 1. The molecule has 0 aliphatic rings. The fourth-order valence-corrected chi connectivity index (χ4v) is 1.78. The van der Waals surface area contributed by atoms with Crippen LogP contribution in [0.4, 0.5) is 5.69 Å². The molecule has 1 atom stereocenters. The first kappa shape index (κ1) is 14.9. The van der Waals surface area contributed by atoms with Gasteiger partial charge in [-0.25, -0.2) is 0 Å². The Labute approximate surface area is 111 Å². The van der Waals surface area contributed by atoms with Crippen LogP contribution in [0.5, 0.6) is 0 Å². The van der Waals surface area contributed by atoms with Crippen molar-refractivity contribution in [1.29, 1.82) is 0 Å². The fourth-order valence-electron chi connectivity index (χ4n) is 1.59. The number of hydrogen-bond acceptors (Lipinski definition) is 4. The summed E-state index contributed by atoms with van der Waals surface area (Å²) in [6.07, 6.45) is 0.934. The minimum absolute atomic E-state index is 0.0595. The van der Waals surface area contributed by atoms with Gasteiger partial charge in [-0.1, -0.05) is 24.6 Å². The molecule has 0 fully saturated rings. The van der Waals surface area contributed by atoms with E-state index in [-0.39, 0.29) is 16.8 Å². The molecule has 0 aliphatic carbocycles. The second-order valence-corrected chi connectivity index (χ2v) is 4.39. The highest BCUT2D eigenvalue weighted by molar-refractivity contribution is 6.32. The van der Waals surface area contributed by atoms with Gasteiger partial charge in [0.15, 0.2) is 0 Å². The zero-order chi connectivity index (χ0) is 13.5. The van der Waals surface area contributed by atoms with Gasteiger partial charge in [-0.3, -0.25) is 10.1 Å². The average molecular weight is 273 g/mol. The average Bonchev–Trinajstić information content (AvgIpc) is 2.35. The maximum absolute atomic E-state index is 10.8. The maximum atomic E-state index is 10.8. The number of nitrogens with one attached hydrogen (secondary N) is 1. The number of hydrogen-bond donors (Lipinski definition) is 1. The van der Waals surface area contributed by atoms with E-state index in [2.05, 4.69) is 12.2 Å². The monoisotopic (exact) mass is 272 g/mol. The summed E-state index contributed by atoms with van der Waals surface area (Å²) in [6.45, 7) is 3.23. The highest BCUT2D eigenvalue weighted by Gasteiger charge is 2.13. The van der Waals surface area contributed by atoms with E-state index in [0.29, 0.717) is 13.2 Å². The van der Waals surface area contributed by atoms with Crippen LogP contribution in [0.3, 0.4) is 0 Å². The van der Waals surface area contributed by atoms with Crippen molar-refractivity contribution in [1.82, 2.24) is 5.32 Å². The molecule has 0 saturated carbocycles.